The van der Waals surface area contributed by atoms with E-state index in [1.54, 1.807) is 0 Å². The van der Waals surface area contributed by atoms with Crippen molar-refractivity contribution in [1.29, 1.82) is 0 Å². The lowest BCUT2D eigenvalue weighted by molar-refractivity contribution is 0.516. The summed E-state index contributed by atoms with van der Waals surface area (Å²) in [6, 6.07) is 0.804. The van der Waals surface area contributed by atoms with Gasteiger partial charge in [0.25, 0.3) is 0 Å². The third-order valence-electron chi connectivity index (χ3n) is 2.42. The predicted octanol–water partition coefficient (Wildman–Crippen LogP) is 2.01. The van der Waals surface area contributed by atoms with E-state index in [4.69, 9.17) is 0 Å². The summed E-state index contributed by atoms with van der Waals surface area (Å²) in [5.74, 6) is 0.898. The first-order valence-corrected chi connectivity index (χ1v) is 5.71. The summed E-state index contributed by atoms with van der Waals surface area (Å²) in [5.41, 5.74) is 0. The fourth-order valence-electron chi connectivity index (χ4n) is 1.77. The fraction of sp³-hybridized carbons (Fsp3) is 1.00. The largest absolute Gasteiger partial charge is 0.320 e. The van der Waals surface area contributed by atoms with Crippen molar-refractivity contribution in [3.8, 4) is 0 Å². The van der Waals surface area contributed by atoms with Crippen molar-refractivity contribution in [2.45, 2.75) is 46.1 Å². The van der Waals surface area contributed by atoms with E-state index in [-0.39, 0.29) is 0 Å². The Hall–Kier alpha value is -0.0800. The van der Waals surface area contributed by atoms with E-state index in [0.717, 1.165) is 18.5 Å². The Labute approximate surface area is 83.5 Å². The first kappa shape index (κ1) is 12.9. The molecule has 0 aromatic rings. The number of hydrogen-bond acceptors (Lipinski definition) is 2. The standard InChI is InChI=1S/C9H20N2.C2H6/c1-8-6-9(11-7-8)4-3-5-10-2;1-2/h8-11H,3-7H2,1-2H3;1-2H3. The Bertz CT molecular complexity index is 104. The minimum absolute atomic E-state index is 0.804. The highest BCUT2D eigenvalue weighted by molar-refractivity contribution is 4.78. The Kier molecular flexibility index (Phi) is 8.46. The van der Waals surface area contributed by atoms with Crippen LogP contribution in [-0.2, 0) is 0 Å². The summed E-state index contributed by atoms with van der Waals surface area (Å²) < 4.78 is 0. The molecule has 1 fully saturated rings. The first-order chi connectivity index (χ1) is 6.33. The van der Waals surface area contributed by atoms with Crippen LogP contribution in [0, 0.1) is 5.92 Å². The molecule has 2 N–H and O–H groups in total. The second kappa shape index (κ2) is 8.52. The molecule has 1 saturated heterocycles. The molecule has 13 heavy (non-hydrogen) atoms. The van der Waals surface area contributed by atoms with Gasteiger partial charge in [0.05, 0.1) is 0 Å². The summed E-state index contributed by atoms with van der Waals surface area (Å²) in [7, 11) is 2.02. The van der Waals surface area contributed by atoms with Gasteiger partial charge >= 0.3 is 0 Å². The van der Waals surface area contributed by atoms with Gasteiger partial charge in [0.15, 0.2) is 0 Å². The van der Waals surface area contributed by atoms with E-state index in [9.17, 15) is 0 Å². The van der Waals surface area contributed by atoms with Crippen molar-refractivity contribution in [2.24, 2.45) is 5.92 Å². The van der Waals surface area contributed by atoms with Gasteiger partial charge in [-0.1, -0.05) is 20.8 Å². The van der Waals surface area contributed by atoms with Gasteiger partial charge in [0.2, 0.25) is 0 Å². The minimum Gasteiger partial charge on any atom is -0.320 e. The van der Waals surface area contributed by atoms with E-state index in [2.05, 4.69) is 17.6 Å². The van der Waals surface area contributed by atoms with Gasteiger partial charge in [0, 0.05) is 6.04 Å². The molecule has 1 rings (SSSR count). The first-order valence-electron chi connectivity index (χ1n) is 5.71. The monoisotopic (exact) mass is 186 g/mol. The Balaban J connectivity index is 0.000000671. The summed E-state index contributed by atoms with van der Waals surface area (Å²) in [6.07, 6.45) is 4.02. The maximum Gasteiger partial charge on any atom is 0.00706 e. The van der Waals surface area contributed by atoms with Gasteiger partial charge in [-0.2, -0.15) is 0 Å². The number of hydrogen-bond donors (Lipinski definition) is 2. The van der Waals surface area contributed by atoms with Crippen LogP contribution in [0.2, 0.25) is 0 Å². The Morgan fingerprint density at radius 2 is 2.08 bits per heavy atom. The van der Waals surface area contributed by atoms with Crippen molar-refractivity contribution < 1.29 is 0 Å². The highest BCUT2D eigenvalue weighted by atomic mass is 14.9. The molecule has 80 valence electrons. The lowest BCUT2D eigenvalue weighted by Gasteiger charge is -2.08. The Morgan fingerprint density at radius 1 is 1.38 bits per heavy atom. The third-order valence-corrected chi connectivity index (χ3v) is 2.42. The quantitative estimate of drug-likeness (QED) is 0.656. The lowest BCUT2D eigenvalue weighted by atomic mass is 10.0. The molecule has 2 unspecified atom stereocenters. The van der Waals surface area contributed by atoms with Crippen molar-refractivity contribution in [3.05, 3.63) is 0 Å². The molecule has 0 aromatic carbocycles. The van der Waals surface area contributed by atoms with Gasteiger partial charge in [-0.3, -0.25) is 0 Å². The van der Waals surface area contributed by atoms with Gasteiger partial charge in [-0.15, -0.1) is 0 Å². The number of nitrogens with one attached hydrogen (secondary N) is 2. The molecule has 0 saturated carbocycles. The molecule has 2 heteroatoms. The van der Waals surface area contributed by atoms with Gasteiger partial charge in [0.1, 0.15) is 0 Å². The van der Waals surface area contributed by atoms with Crippen LogP contribution < -0.4 is 10.6 Å². The van der Waals surface area contributed by atoms with Crippen LogP contribution in [0.25, 0.3) is 0 Å². The van der Waals surface area contributed by atoms with Crippen LogP contribution in [0.15, 0.2) is 0 Å². The molecule has 1 aliphatic heterocycles. The summed E-state index contributed by atoms with van der Waals surface area (Å²) >= 11 is 0. The van der Waals surface area contributed by atoms with E-state index in [1.807, 2.05) is 20.9 Å². The number of rotatable bonds is 4. The maximum atomic E-state index is 3.54. The summed E-state index contributed by atoms with van der Waals surface area (Å²) in [5, 5.41) is 6.71. The molecule has 0 radical (unpaired) electrons. The molecular weight excluding hydrogens is 160 g/mol. The highest BCUT2D eigenvalue weighted by Gasteiger charge is 2.19. The van der Waals surface area contributed by atoms with Crippen LogP contribution in [0.4, 0.5) is 0 Å². The van der Waals surface area contributed by atoms with E-state index < -0.39 is 0 Å². The smallest absolute Gasteiger partial charge is 0.00706 e. The highest BCUT2D eigenvalue weighted by Crippen LogP contribution is 2.15. The van der Waals surface area contributed by atoms with Crippen molar-refractivity contribution in [1.82, 2.24) is 10.6 Å². The molecule has 2 atom stereocenters. The zero-order valence-corrected chi connectivity index (χ0v) is 9.69. The lowest BCUT2D eigenvalue weighted by Crippen LogP contribution is -2.22. The van der Waals surface area contributed by atoms with Crippen LogP contribution in [-0.4, -0.2) is 26.2 Å². The Morgan fingerprint density at radius 3 is 2.54 bits per heavy atom. The zero-order valence-electron chi connectivity index (χ0n) is 9.69. The van der Waals surface area contributed by atoms with Crippen LogP contribution >= 0.6 is 0 Å². The van der Waals surface area contributed by atoms with Crippen LogP contribution in [0.5, 0.6) is 0 Å². The van der Waals surface area contributed by atoms with E-state index >= 15 is 0 Å². The molecule has 2 nitrogen and oxygen atoms in total. The summed E-state index contributed by atoms with van der Waals surface area (Å²) in [4.78, 5) is 0. The van der Waals surface area contributed by atoms with Crippen LogP contribution in [0.1, 0.15) is 40.0 Å². The molecule has 0 spiro atoms. The average molecular weight is 186 g/mol. The molecule has 0 aliphatic carbocycles. The fourth-order valence-corrected chi connectivity index (χ4v) is 1.77. The molecule has 0 bridgehead atoms. The predicted molar refractivity (Wildman–Crippen MR) is 60.1 cm³/mol. The van der Waals surface area contributed by atoms with Gasteiger partial charge in [-0.25, -0.2) is 0 Å². The second-order valence-corrected chi connectivity index (χ2v) is 3.69. The minimum atomic E-state index is 0.804. The molecule has 1 aliphatic rings. The topological polar surface area (TPSA) is 24.1 Å². The van der Waals surface area contributed by atoms with E-state index in [0.29, 0.717) is 0 Å². The van der Waals surface area contributed by atoms with Gasteiger partial charge in [-0.05, 0) is 45.3 Å². The van der Waals surface area contributed by atoms with Crippen molar-refractivity contribution in [2.75, 3.05) is 20.1 Å². The molecule has 0 aromatic heterocycles. The second-order valence-electron chi connectivity index (χ2n) is 3.69. The molecule has 0 amide bonds. The maximum absolute atomic E-state index is 3.54. The zero-order chi connectivity index (χ0) is 10.1. The molecule has 1 heterocycles. The normalized spacial score (nSPS) is 26.8. The van der Waals surface area contributed by atoms with Gasteiger partial charge < -0.3 is 10.6 Å². The van der Waals surface area contributed by atoms with Crippen molar-refractivity contribution in [3.63, 3.8) is 0 Å². The third kappa shape index (κ3) is 6.05. The molecular formula is C11H26N2. The summed E-state index contributed by atoms with van der Waals surface area (Å²) in [6.45, 7) is 8.71. The van der Waals surface area contributed by atoms with Crippen molar-refractivity contribution >= 4 is 0 Å². The SMILES string of the molecule is CC.CNCCCC1CC(C)CN1. The van der Waals surface area contributed by atoms with Crippen LogP contribution in [0.3, 0.4) is 0 Å². The van der Waals surface area contributed by atoms with E-state index in [1.165, 1.54) is 25.8 Å². The average Bonchev–Trinajstić information content (AvgIpc) is 2.56.